The third-order valence-corrected chi connectivity index (χ3v) is 11.6. The molecule has 0 saturated heterocycles. The lowest BCUT2D eigenvalue weighted by atomic mass is 9.70. The molecule has 0 spiro atoms. The van der Waals surface area contributed by atoms with Gasteiger partial charge in [-0.15, -0.1) is 16.0 Å². The second kappa shape index (κ2) is 15.2. The van der Waals surface area contributed by atoms with E-state index >= 15 is 0 Å². The smallest absolute Gasteiger partial charge is 0.286 e. The number of hydrogen-bond acceptors (Lipinski definition) is 8. The Labute approximate surface area is 298 Å². The van der Waals surface area contributed by atoms with Crippen LogP contribution in [0.4, 0.5) is 5.69 Å². The zero-order valence-corrected chi connectivity index (χ0v) is 29.9. The number of aryl methyl sites for hydroxylation is 2. The molecule has 0 radical (unpaired) electrons. The van der Waals surface area contributed by atoms with Crippen LogP contribution in [0.15, 0.2) is 71.8 Å². The fraction of sp³-hybridized carbons (Fsp3) is 0.405. The number of methoxy groups -OCH3 is 1. The van der Waals surface area contributed by atoms with Gasteiger partial charge in [-0.05, 0) is 97.9 Å². The Bertz CT molecular complexity index is 1960. The standard InChI is InChI=1S/C37H42ClN5O6S/c1-4-7-24-9-15-33(44)30-14-11-28(30)21-43-20-27-10-13-29(38)18-25(27)8-5-6-17-49-34-16-12-26(19-32(34)43)35(45)40-50(47,23-24)41-36(46)31-22-42(2)39-37(31)48-3/h4,9-10,12-13,15-16,18-19,22,24,28,30H,1,5-8,11,14,17,20-21,23H2,2-3H3,(H,40,41,45,46,47)/b15-9+/t24-,28+,30-,50?/m1/s1. The Morgan fingerprint density at radius 3 is 2.78 bits per heavy atom. The zero-order valence-electron chi connectivity index (χ0n) is 28.3. The summed E-state index contributed by atoms with van der Waals surface area (Å²) in [4.78, 5) is 43.4. The molecule has 1 N–H and O–H groups in total. The molecule has 4 atom stereocenters. The highest BCUT2D eigenvalue weighted by Crippen LogP contribution is 2.40. The van der Waals surface area contributed by atoms with Crippen LogP contribution in [0.25, 0.3) is 0 Å². The molecule has 3 heterocycles. The molecule has 1 fully saturated rings. The van der Waals surface area contributed by atoms with Crippen LogP contribution in [0.5, 0.6) is 11.6 Å². The molecule has 1 unspecified atom stereocenters. The van der Waals surface area contributed by atoms with Gasteiger partial charge in [0.05, 0.1) is 25.2 Å². The average Bonchev–Trinajstić information content (AvgIpc) is 3.44. The molecule has 2 amide bonds. The Morgan fingerprint density at radius 1 is 1.18 bits per heavy atom. The van der Waals surface area contributed by atoms with Crippen LogP contribution in [0.3, 0.4) is 0 Å². The van der Waals surface area contributed by atoms with Crippen molar-refractivity contribution in [3.8, 4) is 11.6 Å². The summed E-state index contributed by atoms with van der Waals surface area (Å²) in [5.41, 5.74) is 3.16. The van der Waals surface area contributed by atoms with Crippen LogP contribution in [-0.4, -0.2) is 57.6 Å². The number of anilines is 1. The number of allylic oxidation sites excluding steroid dienone is 3. The maximum Gasteiger partial charge on any atom is 0.286 e. The van der Waals surface area contributed by atoms with Gasteiger partial charge in [-0.25, -0.2) is 4.21 Å². The molecule has 3 aromatic rings. The van der Waals surface area contributed by atoms with Gasteiger partial charge < -0.3 is 14.4 Å². The first-order chi connectivity index (χ1) is 24.1. The van der Waals surface area contributed by atoms with Gasteiger partial charge in [0, 0.05) is 42.8 Å². The second-order valence-corrected chi connectivity index (χ2v) is 15.6. The molecule has 11 nitrogen and oxygen atoms in total. The Hall–Kier alpha value is -4.42. The first-order valence-electron chi connectivity index (χ1n) is 16.9. The van der Waals surface area contributed by atoms with Crippen molar-refractivity contribution in [3.63, 3.8) is 0 Å². The summed E-state index contributed by atoms with van der Waals surface area (Å²) in [6, 6.07) is 11.0. The topological polar surface area (TPSA) is 132 Å². The van der Waals surface area contributed by atoms with Gasteiger partial charge in [0.2, 0.25) is 5.88 Å². The van der Waals surface area contributed by atoms with Crippen molar-refractivity contribution in [2.75, 3.05) is 30.9 Å². The number of hydrogen-bond donors (Lipinski definition) is 1. The van der Waals surface area contributed by atoms with E-state index < -0.39 is 27.6 Å². The number of carbonyl (C=O) groups is 3. The maximum atomic E-state index is 14.7. The molecule has 1 aromatic heterocycles. The first kappa shape index (κ1) is 35.4. The number of amides is 2. The van der Waals surface area contributed by atoms with Crippen molar-refractivity contribution in [2.24, 2.45) is 29.2 Å². The number of nitrogens with zero attached hydrogens (tertiary/aromatic N) is 4. The number of rotatable bonds is 5. The van der Waals surface area contributed by atoms with Crippen molar-refractivity contribution in [3.05, 3.63) is 94.7 Å². The SMILES string of the molecule is C=CC[C@@H]1/C=C/C(=O)[C@@H]2CC[C@H]2CN2Cc3ccc(Cl)cc3CCCCOc3ccc(cc32)C(=O)N=S(=O)(NC(=O)c2cn(C)nc2OC)C1. The fourth-order valence-electron chi connectivity index (χ4n) is 6.82. The summed E-state index contributed by atoms with van der Waals surface area (Å²) in [6.45, 7) is 5.38. The number of aromatic nitrogens is 2. The number of ketones is 1. The minimum Gasteiger partial charge on any atom is -0.491 e. The monoisotopic (exact) mass is 719 g/mol. The summed E-state index contributed by atoms with van der Waals surface area (Å²) >= 11 is 6.42. The van der Waals surface area contributed by atoms with E-state index in [2.05, 4.69) is 25.7 Å². The average molecular weight is 720 g/mol. The van der Waals surface area contributed by atoms with Gasteiger partial charge in [0.1, 0.15) is 21.2 Å². The van der Waals surface area contributed by atoms with Crippen LogP contribution in [0, 0.1) is 17.8 Å². The van der Waals surface area contributed by atoms with Gasteiger partial charge in [0.25, 0.3) is 11.8 Å². The molecular formula is C37H42ClN5O6S. The predicted octanol–water partition coefficient (Wildman–Crippen LogP) is 6.11. The zero-order chi connectivity index (χ0) is 35.4. The summed E-state index contributed by atoms with van der Waals surface area (Å²) in [5, 5.41) is 4.79. The molecule has 2 aromatic carbocycles. The molecule has 3 aliphatic rings. The van der Waals surface area contributed by atoms with E-state index in [-0.39, 0.29) is 40.4 Å². The Kier molecular flexibility index (Phi) is 10.8. The van der Waals surface area contributed by atoms with Gasteiger partial charge in [-0.1, -0.05) is 29.8 Å². The van der Waals surface area contributed by atoms with Crippen molar-refractivity contribution in [2.45, 2.75) is 45.1 Å². The molecule has 264 valence electrons. The van der Waals surface area contributed by atoms with E-state index in [0.29, 0.717) is 42.6 Å². The highest BCUT2D eigenvalue weighted by atomic mass is 35.5. The largest absolute Gasteiger partial charge is 0.491 e. The first-order valence-corrected chi connectivity index (χ1v) is 18.9. The Balaban J connectivity index is 1.47. The third-order valence-electron chi connectivity index (χ3n) is 9.57. The minimum absolute atomic E-state index is 0.0101. The molecule has 6 rings (SSSR count). The van der Waals surface area contributed by atoms with E-state index in [1.165, 1.54) is 18.0 Å². The van der Waals surface area contributed by atoms with Crippen LogP contribution in [0.2, 0.25) is 5.02 Å². The normalized spacial score (nSPS) is 24.7. The summed E-state index contributed by atoms with van der Waals surface area (Å²) in [5.74, 6) is -1.73. The van der Waals surface area contributed by atoms with Crippen molar-refractivity contribution < 1.29 is 28.1 Å². The van der Waals surface area contributed by atoms with Gasteiger partial charge in [-0.3, -0.25) is 23.8 Å². The van der Waals surface area contributed by atoms with Crippen LogP contribution < -0.4 is 19.1 Å². The molecular weight excluding hydrogens is 678 g/mol. The van der Waals surface area contributed by atoms with Gasteiger partial charge in [0.15, 0.2) is 5.78 Å². The highest BCUT2D eigenvalue weighted by Gasteiger charge is 2.37. The number of carbonyl (C=O) groups excluding carboxylic acids is 3. The van der Waals surface area contributed by atoms with Crippen LogP contribution >= 0.6 is 11.6 Å². The number of fused-ring (bicyclic) bond motifs is 3. The number of benzene rings is 2. The molecule has 2 aliphatic heterocycles. The number of ether oxygens (including phenoxy) is 2. The van der Waals surface area contributed by atoms with Gasteiger partial charge >= 0.3 is 0 Å². The second-order valence-electron chi connectivity index (χ2n) is 13.1. The van der Waals surface area contributed by atoms with Crippen LogP contribution in [0.1, 0.15) is 63.9 Å². The summed E-state index contributed by atoms with van der Waals surface area (Å²) in [7, 11) is -0.766. The number of halogens is 1. The molecule has 13 heteroatoms. The summed E-state index contributed by atoms with van der Waals surface area (Å²) < 4.78 is 34.3. The summed E-state index contributed by atoms with van der Waals surface area (Å²) in [6.07, 6.45) is 10.9. The quantitative estimate of drug-likeness (QED) is 0.313. The van der Waals surface area contributed by atoms with Crippen molar-refractivity contribution in [1.82, 2.24) is 14.5 Å². The van der Waals surface area contributed by atoms with E-state index in [1.54, 1.807) is 43.5 Å². The van der Waals surface area contributed by atoms with E-state index in [4.69, 9.17) is 21.1 Å². The van der Waals surface area contributed by atoms with E-state index in [0.717, 1.165) is 43.2 Å². The molecule has 50 heavy (non-hydrogen) atoms. The van der Waals surface area contributed by atoms with Gasteiger partial charge in [-0.2, -0.15) is 0 Å². The van der Waals surface area contributed by atoms with E-state index in [1.807, 2.05) is 18.2 Å². The molecule has 2 bridgehead atoms. The predicted molar refractivity (Wildman–Crippen MR) is 193 cm³/mol. The minimum atomic E-state index is -3.76. The third kappa shape index (κ3) is 7.97. The Morgan fingerprint density at radius 2 is 2.02 bits per heavy atom. The van der Waals surface area contributed by atoms with Crippen molar-refractivity contribution >= 4 is 44.8 Å². The van der Waals surface area contributed by atoms with Crippen LogP contribution in [-0.2, 0) is 34.7 Å². The lowest BCUT2D eigenvalue weighted by Crippen LogP contribution is -2.41. The van der Waals surface area contributed by atoms with E-state index in [9.17, 15) is 18.6 Å². The maximum absolute atomic E-state index is 14.7. The lowest BCUT2D eigenvalue weighted by Gasteiger charge is -2.40. The lowest BCUT2D eigenvalue weighted by molar-refractivity contribution is -0.122. The highest BCUT2D eigenvalue weighted by molar-refractivity contribution is 7.92. The fourth-order valence-corrected chi connectivity index (χ4v) is 8.82. The molecule has 1 saturated carbocycles. The van der Waals surface area contributed by atoms with Crippen molar-refractivity contribution in [1.29, 1.82) is 0 Å². The number of nitrogens with one attached hydrogen (secondary N) is 1. The molecule has 1 aliphatic carbocycles.